The molecule has 25 heavy (non-hydrogen) atoms. The molecule has 5 nitrogen and oxygen atoms in total. The topological polar surface area (TPSA) is 67.9 Å². The molecule has 2 aliphatic rings. The Morgan fingerprint density at radius 2 is 2.28 bits per heavy atom. The molecular formula is C18H21N3O2S2. The molecule has 2 atom stereocenters. The van der Waals surface area contributed by atoms with Gasteiger partial charge < -0.3 is 4.74 Å². The summed E-state index contributed by atoms with van der Waals surface area (Å²) in [5.74, 6) is 0. The van der Waals surface area contributed by atoms with Crippen LogP contribution in [0.25, 0.3) is 10.2 Å². The van der Waals surface area contributed by atoms with E-state index in [0.29, 0.717) is 11.7 Å². The Balaban J connectivity index is 1.85. The van der Waals surface area contributed by atoms with Crippen LogP contribution in [0.1, 0.15) is 43.0 Å². The molecule has 7 heteroatoms. The molecule has 0 spiro atoms. The Morgan fingerprint density at radius 1 is 1.44 bits per heavy atom. The van der Waals surface area contributed by atoms with Gasteiger partial charge >= 0.3 is 0 Å². The standard InChI is InChI=1S/C18H21N3O2S2/c1-11(9-19)24-18-20-16-15(13-6-2-3-7-14(13)25-16)17(22)21(18)10-12-5-4-8-23-12/h11-12H,2-8,10H2,1H3/t11-,12-/m1/s1. The Morgan fingerprint density at radius 3 is 3.04 bits per heavy atom. The fourth-order valence-electron chi connectivity index (χ4n) is 3.65. The molecule has 2 aromatic rings. The van der Waals surface area contributed by atoms with Crippen LogP contribution in [0, 0.1) is 11.3 Å². The lowest BCUT2D eigenvalue weighted by molar-refractivity contribution is 0.0937. The molecule has 3 heterocycles. The van der Waals surface area contributed by atoms with Gasteiger partial charge in [-0.2, -0.15) is 5.26 Å². The van der Waals surface area contributed by atoms with Crippen molar-refractivity contribution in [3.63, 3.8) is 0 Å². The van der Waals surface area contributed by atoms with Gasteiger partial charge in [-0.15, -0.1) is 11.3 Å². The molecule has 0 saturated carbocycles. The predicted molar refractivity (Wildman–Crippen MR) is 100 cm³/mol. The second kappa shape index (κ2) is 7.10. The molecule has 1 fully saturated rings. The number of fused-ring (bicyclic) bond motifs is 3. The third-order valence-electron chi connectivity index (χ3n) is 4.91. The first-order valence-corrected chi connectivity index (χ1v) is 10.6. The fourth-order valence-corrected chi connectivity index (χ4v) is 5.75. The first kappa shape index (κ1) is 17.1. The lowest BCUT2D eigenvalue weighted by Crippen LogP contribution is -2.29. The first-order valence-electron chi connectivity index (χ1n) is 8.90. The second-order valence-corrected chi connectivity index (χ2v) is 9.12. The van der Waals surface area contributed by atoms with Crippen LogP contribution in [0.2, 0.25) is 0 Å². The molecule has 0 N–H and O–H groups in total. The Kier molecular flexibility index (Phi) is 4.85. The van der Waals surface area contributed by atoms with Crippen molar-refractivity contribution in [3.8, 4) is 6.07 Å². The maximum Gasteiger partial charge on any atom is 0.263 e. The summed E-state index contributed by atoms with van der Waals surface area (Å²) in [4.78, 5) is 20.3. The van der Waals surface area contributed by atoms with Crippen molar-refractivity contribution in [2.75, 3.05) is 6.61 Å². The van der Waals surface area contributed by atoms with E-state index in [4.69, 9.17) is 9.72 Å². The Labute approximate surface area is 155 Å². The summed E-state index contributed by atoms with van der Waals surface area (Å²) in [6.45, 7) is 3.14. The predicted octanol–water partition coefficient (Wildman–Crippen LogP) is 3.52. The van der Waals surface area contributed by atoms with Crippen molar-refractivity contribution in [2.45, 2.75) is 68.5 Å². The van der Waals surface area contributed by atoms with Gasteiger partial charge in [0.05, 0.1) is 29.4 Å². The van der Waals surface area contributed by atoms with Crippen LogP contribution < -0.4 is 5.56 Å². The number of aromatic nitrogens is 2. The average molecular weight is 376 g/mol. The smallest absolute Gasteiger partial charge is 0.263 e. The van der Waals surface area contributed by atoms with Gasteiger partial charge in [-0.25, -0.2) is 4.98 Å². The maximum atomic E-state index is 13.3. The minimum Gasteiger partial charge on any atom is -0.376 e. The van der Waals surface area contributed by atoms with Crippen molar-refractivity contribution in [1.29, 1.82) is 5.26 Å². The van der Waals surface area contributed by atoms with Crippen LogP contribution in [0.4, 0.5) is 0 Å². The van der Waals surface area contributed by atoms with Gasteiger partial charge in [0.25, 0.3) is 5.56 Å². The van der Waals surface area contributed by atoms with Crippen LogP contribution in [0.3, 0.4) is 0 Å². The highest BCUT2D eigenvalue weighted by Gasteiger charge is 2.25. The molecule has 1 aliphatic heterocycles. The van der Waals surface area contributed by atoms with Crippen molar-refractivity contribution < 1.29 is 4.74 Å². The molecule has 4 rings (SSSR count). The van der Waals surface area contributed by atoms with Gasteiger partial charge in [0, 0.05) is 11.5 Å². The quantitative estimate of drug-likeness (QED) is 0.604. The summed E-state index contributed by atoms with van der Waals surface area (Å²) >= 11 is 3.03. The van der Waals surface area contributed by atoms with Crippen molar-refractivity contribution in [2.24, 2.45) is 0 Å². The average Bonchev–Trinajstić information content (AvgIpc) is 3.25. The number of thioether (sulfide) groups is 1. The van der Waals surface area contributed by atoms with Gasteiger partial charge in [0.2, 0.25) is 0 Å². The van der Waals surface area contributed by atoms with E-state index in [2.05, 4.69) is 6.07 Å². The summed E-state index contributed by atoms with van der Waals surface area (Å²) in [6.07, 6.45) is 6.46. The number of hydrogen-bond donors (Lipinski definition) is 0. The molecular weight excluding hydrogens is 354 g/mol. The first-order chi connectivity index (χ1) is 12.2. The molecule has 0 radical (unpaired) electrons. The zero-order valence-electron chi connectivity index (χ0n) is 14.3. The summed E-state index contributed by atoms with van der Waals surface area (Å²) < 4.78 is 7.51. The highest BCUT2D eigenvalue weighted by molar-refractivity contribution is 8.00. The van der Waals surface area contributed by atoms with Gasteiger partial charge in [0.15, 0.2) is 5.16 Å². The molecule has 132 valence electrons. The van der Waals surface area contributed by atoms with E-state index in [0.717, 1.165) is 48.9 Å². The SMILES string of the molecule is C[C@H](C#N)Sc1nc2sc3c(c2c(=O)n1C[C@H]1CCCO1)CCCC3. The summed E-state index contributed by atoms with van der Waals surface area (Å²) in [6, 6.07) is 2.23. The van der Waals surface area contributed by atoms with E-state index in [9.17, 15) is 10.1 Å². The number of hydrogen-bond acceptors (Lipinski definition) is 6. The highest BCUT2D eigenvalue weighted by atomic mass is 32.2. The molecule has 2 aromatic heterocycles. The van der Waals surface area contributed by atoms with Gasteiger partial charge in [0.1, 0.15) is 4.83 Å². The van der Waals surface area contributed by atoms with Gasteiger partial charge in [-0.05, 0) is 51.0 Å². The van der Waals surface area contributed by atoms with Crippen LogP contribution in [-0.4, -0.2) is 27.5 Å². The number of nitriles is 1. The van der Waals surface area contributed by atoms with Crippen molar-refractivity contribution >= 4 is 33.3 Å². The van der Waals surface area contributed by atoms with Crippen LogP contribution in [0.15, 0.2) is 9.95 Å². The monoisotopic (exact) mass is 375 g/mol. The Hall–Kier alpha value is -1.36. The van der Waals surface area contributed by atoms with E-state index >= 15 is 0 Å². The van der Waals surface area contributed by atoms with Crippen LogP contribution in [0.5, 0.6) is 0 Å². The van der Waals surface area contributed by atoms with E-state index in [1.54, 1.807) is 15.9 Å². The van der Waals surface area contributed by atoms with E-state index in [1.807, 2.05) is 6.92 Å². The minimum atomic E-state index is -0.241. The number of aryl methyl sites for hydroxylation is 2. The number of rotatable bonds is 4. The van der Waals surface area contributed by atoms with E-state index in [-0.39, 0.29) is 16.9 Å². The molecule has 0 amide bonds. The van der Waals surface area contributed by atoms with Crippen LogP contribution in [-0.2, 0) is 24.1 Å². The zero-order valence-corrected chi connectivity index (χ0v) is 15.9. The molecule has 0 aromatic carbocycles. The Bertz CT molecular complexity index is 890. The number of nitrogens with zero attached hydrogens (tertiary/aromatic N) is 3. The van der Waals surface area contributed by atoms with Crippen molar-refractivity contribution in [3.05, 3.63) is 20.8 Å². The largest absolute Gasteiger partial charge is 0.376 e. The fraction of sp³-hybridized carbons (Fsp3) is 0.611. The summed E-state index contributed by atoms with van der Waals surface area (Å²) in [5.41, 5.74) is 1.27. The zero-order chi connectivity index (χ0) is 17.4. The molecule has 1 saturated heterocycles. The third-order valence-corrected chi connectivity index (χ3v) is 7.08. The lowest BCUT2D eigenvalue weighted by Gasteiger charge is -2.16. The summed E-state index contributed by atoms with van der Waals surface area (Å²) in [5, 5.41) is 10.4. The lowest BCUT2D eigenvalue weighted by atomic mass is 9.97. The molecule has 0 unspecified atom stereocenters. The maximum absolute atomic E-state index is 13.3. The normalized spacial score (nSPS) is 21.2. The van der Waals surface area contributed by atoms with Crippen molar-refractivity contribution in [1.82, 2.24) is 9.55 Å². The minimum absolute atomic E-state index is 0.0486. The van der Waals surface area contributed by atoms with Crippen LogP contribution >= 0.6 is 23.1 Å². The van der Waals surface area contributed by atoms with E-state index < -0.39 is 0 Å². The summed E-state index contributed by atoms with van der Waals surface area (Å²) in [7, 11) is 0. The van der Waals surface area contributed by atoms with Gasteiger partial charge in [-0.3, -0.25) is 9.36 Å². The number of ether oxygens (including phenoxy) is 1. The van der Waals surface area contributed by atoms with E-state index in [1.165, 1.54) is 28.6 Å². The number of thiophene rings is 1. The molecule has 0 bridgehead atoms. The third kappa shape index (κ3) is 3.23. The van der Waals surface area contributed by atoms with Gasteiger partial charge in [-0.1, -0.05) is 11.8 Å². The second-order valence-electron chi connectivity index (χ2n) is 6.73. The highest BCUT2D eigenvalue weighted by Crippen LogP contribution is 2.35. The molecule has 1 aliphatic carbocycles.